The van der Waals surface area contributed by atoms with Gasteiger partial charge in [-0.05, 0) is 25.7 Å². The molecule has 1 aromatic heterocycles. The third-order valence-corrected chi connectivity index (χ3v) is 3.52. The summed E-state index contributed by atoms with van der Waals surface area (Å²) in [7, 11) is 0. The number of hydrogen-bond donors (Lipinski definition) is 3. The molecule has 1 amide bonds. The second-order valence-corrected chi connectivity index (χ2v) is 5.10. The number of hydrogen-bond acceptors (Lipinski definition) is 6. The van der Waals surface area contributed by atoms with Crippen LogP contribution in [0.4, 0.5) is 17.6 Å². The van der Waals surface area contributed by atoms with Gasteiger partial charge < -0.3 is 21.7 Å². The fourth-order valence-electron chi connectivity index (χ4n) is 2.54. The van der Waals surface area contributed by atoms with E-state index in [-0.39, 0.29) is 11.9 Å². The third-order valence-electron chi connectivity index (χ3n) is 3.52. The molecule has 110 valence electrons. The number of nitrogens with one attached hydrogen (secondary N) is 1. The number of rotatable bonds is 5. The van der Waals surface area contributed by atoms with Crippen molar-refractivity contribution >= 4 is 23.5 Å². The van der Waals surface area contributed by atoms with E-state index < -0.39 is 0 Å². The lowest BCUT2D eigenvalue weighted by atomic mass is 9.93. The van der Waals surface area contributed by atoms with E-state index in [9.17, 15) is 4.79 Å². The van der Waals surface area contributed by atoms with Gasteiger partial charge >= 0.3 is 0 Å². The zero-order valence-electron chi connectivity index (χ0n) is 11.8. The van der Waals surface area contributed by atoms with Crippen molar-refractivity contribution in [1.82, 2.24) is 9.97 Å². The minimum absolute atomic E-state index is 0.218. The molecular formula is C13H22N6O. The Morgan fingerprint density at radius 3 is 2.75 bits per heavy atom. The summed E-state index contributed by atoms with van der Waals surface area (Å²) >= 11 is 0. The number of piperidine rings is 1. The average molecular weight is 278 g/mol. The second-order valence-electron chi connectivity index (χ2n) is 5.10. The summed E-state index contributed by atoms with van der Waals surface area (Å²) < 4.78 is 0. The van der Waals surface area contributed by atoms with Gasteiger partial charge in [0.2, 0.25) is 11.9 Å². The van der Waals surface area contributed by atoms with Gasteiger partial charge in [0, 0.05) is 32.1 Å². The minimum atomic E-state index is -0.218. The van der Waals surface area contributed by atoms with Crippen LogP contribution < -0.4 is 21.7 Å². The van der Waals surface area contributed by atoms with E-state index in [0.29, 0.717) is 12.3 Å². The number of anilines is 3. The summed E-state index contributed by atoms with van der Waals surface area (Å²) in [4.78, 5) is 21.5. The first-order valence-electron chi connectivity index (χ1n) is 7.00. The Morgan fingerprint density at radius 1 is 1.45 bits per heavy atom. The molecule has 7 nitrogen and oxygen atoms in total. The molecule has 1 saturated heterocycles. The predicted molar refractivity (Wildman–Crippen MR) is 79.4 cm³/mol. The highest BCUT2D eigenvalue weighted by Gasteiger charge is 2.22. The summed E-state index contributed by atoms with van der Waals surface area (Å²) in [6.07, 6.45) is 2.37. The van der Waals surface area contributed by atoms with Crippen LogP contribution in [0.3, 0.4) is 0 Å². The van der Waals surface area contributed by atoms with E-state index >= 15 is 0 Å². The molecular weight excluding hydrogens is 256 g/mol. The van der Waals surface area contributed by atoms with Crippen LogP contribution in [0, 0.1) is 5.92 Å². The summed E-state index contributed by atoms with van der Waals surface area (Å²) in [6.45, 7) is 4.52. The third kappa shape index (κ3) is 3.72. The smallest absolute Gasteiger partial charge is 0.223 e. The molecule has 1 aromatic rings. The van der Waals surface area contributed by atoms with Gasteiger partial charge in [0.15, 0.2) is 0 Å². The number of amides is 1. The van der Waals surface area contributed by atoms with E-state index in [1.165, 1.54) is 0 Å². The Labute approximate surface area is 118 Å². The lowest BCUT2D eigenvalue weighted by Gasteiger charge is -2.32. The highest BCUT2D eigenvalue weighted by atomic mass is 16.1. The minimum Gasteiger partial charge on any atom is -0.370 e. The summed E-state index contributed by atoms with van der Waals surface area (Å²) in [5.41, 5.74) is 11.0. The fraction of sp³-hybridized carbons (Fsp3) is 0.615. The summed E-state index contributed by atoms with van der Waals surface area (Å²) in [5.74, 6) is 2.03. The van der Waals surface area contributed by atoms with Crippen molar-refractivity contribution in [2.45, 2.75) is 26.2 Å². The Kier molecular flexibility index (Phi) is 4.60. The lowest BCUT2D eigenvalue weighted by Crippen LogP contribution is -2.35. The fourth-order valence-corrected chi connectivity index (χ4v) is 2.54. The van der Waals surface area contributed by atoms with Gasteiger partial charge in [0.1, 0.15) is 11.6 Å². The van der Waals surface area contributed by atoms with Gasteiger partial charge in [0.25, 0.3) is 0 Å². The first-order valence-corrected chi connectivity index (χ1v) is 7.00. The van der Waals surface area contributed by atoms with Crippen molar-refractivity contribution in [3.63, 3.8) is 0 Å². The Hall–Kier alpha value is -2.05. The van der Waals surface area contributed by atoms with Gasteiger partial charge in [-0.3, -0.25) is 4.79 Å². The van der Waals surface area contributed by atoms with Gasteiger partial charge in [-0.2, -0.15) is 9.97 Å². The molecule has 0 aliphatic carbocycles. The zero-order valence-corrected chi connectivity index (χ0v) is 11.8. The topological polar surface area (TPSA) is 110 Å². The van der Waals surface area contributed by atoms with Crippen LogP contribution in [0.2, 0.25) is 0 Å². The lowest BCUT2D eigenvalue weighted by molar-refractivity contribution is -0.119. The number of nitrogens with two attached hydrogens (primary N) is 2. The molecule has 1 aliphatic rings. The SMILES string of the molecule is CCNc1cc(N2CCC(CC(N)=O)CC2)nc(N)n1. The second kappa shape index (κ2) is 6.40. The zero-order chi connectivity index (χ0) is 14.5. The standard InChI is InChI=1S/C13H22N6O/c1-2-16-11-8-12(18-13(15)17-11)19-5-3-9(4-6-19)7-10(14)20/h8-9H,2-7H2,1H3,(H2,14,20)(H3,15,16,17,18). The van der Waals surface area contributed by atoms with Crippen LogP contribution in [0.5, 0.6) is 0 Å². The van der Waals surface area contributed by atoms with Crippen molar-refractivity contribution in [2.24, 2.45) is 11.7 Å². The Balaban J connectivity index is 2.01. The highest BCUT2D eigenvalue weighted by molar-refractivity contribution is 5.74. The molecule has 5 N–H and O–H groups in total. The van der Waals surface area contributed by atoms with E-state index in [1.807, 2.05) is 13.0 Å². The first kappa shape index (κ1) is 14.4. The van der Waals surface area contributed by atoms with Crippen molar-refractivity contribution in [1.29, 1.82) is 0 Å². The van der Waals surface area contributed by atoms with E-state index in [0.717, 1.165) is 44.1 Å². The molecule has 1 fully saturated rings. The highest BCUT2D eigenvalue weighted by Crippen LogP contribution is 2.25. The van der Waals surface area contributed by atoms with Crippen LogP contribution in [0.1, 0.15) is 26.2 Å². The summed E-state index contributed by atoms with van der Waals surface area (Å²) in [5, 5.41) is 3.14. The molecule has 0 spiro atoms. The maximum absolute atomic E-state index is 10.9. The maximum Gasteiger partial charge on any atom is 0.223 e. The molecule has 0 unspecified atom stereocenters. The normalized spacial score (nSPS) is 16.1. The van der Waals surface area contributed by atoms with Crippen molar-refractivity contribution in [2.75, 3.05) is 35.6 Å². The quantitative estimate of drug-likeness (QED) is 0.726. The van der Waals surface area contributed by atoms with Gasteiger partial charge in [0.05, 0.1) is 0 Å². The summed E-state index contributed by atoms with van der Waals surface area (Å²) in [6, 6.07) is 1.91. The predicted octanol–water partition coefficient (Wildman–Crippen LogP) is 0.582. The monoisotopic (exact) mass is 278 g/mol. The Bertz CT molecular complexity index is 470. The first-order chi connectivity index (χ1) is 9.58. The molecule has 0 saturated carbocycles. The van der Waals surface area contributed by atoms with E-state index in [1.54, 1.807) is 0 Å². The average Bonchev–Trinajstić information content (AvgIpc) is 2.38. The molecule has 1 aliphatic heterocycles. The van der Waals surface area contributed by atoms with Crippen molar-refractivity contribution in [3.8, 4) is 0 Å². The van der Waals surface area contributed by atoms with Crippen LogP contribution >= 0.6 is 0 Å². The van der Waals surface area contributed by atoms with E-state index in [4.69, 9.17) is 11.5 Å². The number of primary amides is 1. The van der Waals surface area contributed by atoms with E-state index in [2.05, 4.69) is 20.2 Å². The number of aromatic nitrogens is 2. The van der Waals surface area contributed by atoms with Crippen molar-refractivity contribution < 1.29 is 4.79 Å². The van der Waals surface area contributed by atoms with Gasteiger partial charge in [-0.15, -0.1) is 0 Å². The molecule has 2 heterocycles. The number of carbonyl (C=O) groups is 1. The molecule has 0 atom stereocenters. The van der Waals surface area contributed by atoms with Gasteiger partial charge in [-0.1, -0.05) is 0 Å². The van der Waals surface area contributed by atoms with Crippen LogP contribution in [-0.2, 0) is 4.79 Å². The number of carbonyl (C=O) groups excluding carboxylic acids is 1. The maximum atomic E-state index is 10.9. The molecule has 0 bridgehead atoms. The molecule has 20 heavy (non-hydrogen) atoms. The van der Waals surface area contributed by atoms with Crippen LogP contribution in [0.25, 0.3) is 0 Å². The van der Waals surface area contributed by atoms with Gasteiger partial charge in [-0.25, -0.2) is 0 Å². The molecule has 0 aromatic carbocycles. The number of nitrogens with zero attached hydrogens (tertiary/aromatic N) is 3. The Morgan fingerprint density at radius 2 is 2.15 bits per heavy atom. The van der Waals surface area contributed by atoms with Crippen LogP contribution in [0.15, 0.2) is 6.07 Å². The molecule has 7 heteroatoms. The van der Waals surface area contributed by atoms with Crippen LogP contribution in [-0.4, -0.2) is 35.5 Å². The molecule has 0 radical (unpaired) electrons. The molecule has 2 rings (SSSR count). The largest absolute Gasteiger partial charge is 0.370 e. The number of nitrogen functional groups attached to an aromatic ring is 1. The van der Waals surface area contributed by atoms with Crippen molar-refractivity contribution in [3.05, 3.63) is 6.07 Å².